The van der Waals surface area contributed by atoms with E-state index in [0.29, 0.717) is 12.2 Å². The Morgan fingerprint density at radius 3 is 2.86 bits per heavy atom. The number of amides is 2. The molecule has 2 atom stereocenters. The van der Waals surface area contributed by atoms with Crippen LogP contribution in [0.3, 0.4) is 0 Å². The van der Waals surface area contributed by atoms with Crippen molar-refractivity contribution in [2.24, 2.45) is 0 Å². The Hall–Kier alpha value is -1.49. The van der Waals surface area contributed by atoms with Gasteiger partial charge in [-0.05, 0) is 50.5 Å². The van der Waals surface area contributed by atoms with Crippen LogP contribution in [0.25, 0.3) is 0 Å². The van der Waals surface area contributed by atoms with Gasteiger partial charge >= 0.3 is 0 Å². The second-order valence-electron chi connectivity index (χ2n) is 6.05. The second-order valence-corrected chi connectivity index (χ2v) is 7.56. The van der Waals surface area contributed by atoms with Gasteiger partial charge in [0.05, 0.1) is 4.87 Å². The summed E-state index contributed by atoms with van der Waals surface area (Å²) in [5, 5.41) is 2.96. The average Bonchev–Trinajstić information content (AvgIpc) is 2.91. The molecule has 2 heterocycles. The molecular weight excluding hydrogens is 284 g/mol. The number of nitrogens with one attached hydrogen (secondary N) is 1. The monoisotopic (exact) mass is 304 g/mol. The maximum absolute atomic E-state index is 12.5. The smallest absolute Gasteiger partial charge is 0.248 e. The lowest BCUT2D eigenvalue weighted by atomic mass is 10.1. The summed E-state index contributed by atoms with van der Waals surface area (Å²) in [4.78, 5) is 26.2. The minimum Gasteiger partial charge on any atom is -0.324 e. The van der Waals surface area contributed by atoms with Gasteiger partial charge in [0.25, 0.3) is 0 Å². The van der Waals surface area contributed by atoms with Crippen molar-refractivity contribution in [2.45, 2.75) is 44.5 Å². The fourth-order valence-corrected chi connectivity index (χ4v) is 4.49. The van der Waals surface area contributed by atoms with E-state index in [4.69, 9.17) is 0 Å². The molecule has 3 rings (SSSR count). The zero-order valence-electron chi connectivity index (χ0n) is 12.6. The highest BCUT2D eigenvalue weighted by Gasteiger charge is 2.52. The van der Waals surface area contributed by atoms with E-state index in [0.717, 1.165) is 17.7 Å². The van der Waals surface area contributed by atoms with Crippen molar-refractivity contribution in [1.82, 2.24) is 4.90 Å². The van der Waals surface area contributed by atoms with E-state index < -0.39 is 0 Å². The molecule has 4 nitrogen and oxygen atoms in total. The number of nitrogens with zero attached hydrogens (tertiary/aromatic N) is 1. The summed E-state index contributed by atoms with van der Waals surface area (Å²) < 4.78 is 0. The van der Waals surface area contributed by atoms with Gasteiger partial charge in [-0.25, -0.2) is 0 Å². The first-order chi connectivity index (χ1) is 9.90. The van der Waals surface area contributed by atoms with Crippen molar-refractivity contribution in [2.75, 3.05) is 11.1 Å². The van der Waals surface area contributed by atoms with E-state index in [1.807, 2.05) is 32.0 Å². The number of hydrogen-bond acceptors (Lipinski definition) is 3. The van der Waals surface area contributed by atoms with Gasteiger partial charge in [0, 0.05) is 17.9 Å². The minimum atomic E-state index is -0.350. The number of benzene rings is 1. The Labute approximate surface area is 129 Å². The zero-order chi connectivity index (χ0) is 15.2. The molecule has 5 heteroatoms. The molecule has 0 aromatic heterocycles. The number of rotatable bonds is 2. The predicted octanol–water partition coefficient (Wildman–Crippen LogP) is 2.70. The molecule has 21 heavy (non-hydrogen) atoms. The largest absolute Gasteiger partial charge is 0.324 e. The average molecular weight is 304 g/mol. The Morgan fingerprint density at radius 1 is 1.38 bits per heavy atom. The van der Waals surface area contributed by atoms with Crippen molar-refractivity contribution < 1.29 is 9.59 Å². The quantitative estimate of drug-likeness (QED) is 0.914. The number of anilines is 1. The van der Waals surface area contributed by atoms with E-state index in [2.05, 4.69) is 12.2 Å². The van der Waals surface area contributed by atoms with E-state index in [-0.39, 0.29) is 22.7 Å². The number of thioether (sulfide) groups is 1. The summed E-state index contributed by atoms with van der Waals surface area (Å²) in [5.74, 6) is 0.700. The van der Waals surface area contributed by atoms with Crippen LogP contribution < -0.4 is 5.32 Å². The first-order valence-electron chi connectivity index (χ1n) is 7.25. The third-order valence-electron chi connectivity index (χ3n) is 4.52. The maximum Gasteiger partial charge on any atom is 0.248 e. The van der Waals surface area contributed by atoms with Crippen molar-refractivity contribution >= 4 is 29.3 Å². The molecule has 0 spiro atoms. The van der Waals surface area contributed by atoms with Gasteiger partial charge in [-0.3, -0.25) is 9.59 Å². The molecule has 2 aliphatic heterocycles. The van der Waals surface area contributed by atoms with Gasteiger partial charge in [-0.15, -0.1) is 11.8 Å². The Bertz CT molecular complexity index is 616. The molecule has 2 unspecified atom stereocenters. The molecule has 1 N–H and O–H groups in total. The molecule has 1 aromatic carbocycles. The van der Waals surface area contributed by atoms with Crippen LogP contribution in [0.15, 0.2) is 18.2 Å². The first kappa shape index (κ1) is 14.4. The third-order valence-corrected chi connectivity index (χ3v) is 6.03. The molecule has 0 bridgehead atoms. The van der Waals surface area contributed by atoms with Crippen molar-refractivity contribution in [3.63, 3.8) is 0 Å². The number of carbonyl (C=O) groups is 2. The first-order valence-corrected chi connectivity index (χ1v) is 8.23. The molecule has 2 aliphatic rings. The van der Waals surface area contributed by atoms with E-state index in [1.165, 1.54) is 5.56 Å². The number of hydrogen-bond donors (Lipinski definition) is 1. The van der Waals surface area contributed by atoms with Crippen LogP contribution >= 0.6 is 11.8 Å². The fourth-order valence-electron chi connectivity index (χ4n) is 3.06. The lowest BCUT2D eigenvalue weighted by Gasteiger charge is -2.29. The molecule has 2 amide bonds. The van der Waals surface area contributed by atoms with Crippen molar-refractivity contribution in [1.29, 1.82) is 0 Å². The summed E-state index contributed by atoms with van der Waals surface area (Å²) in [6.45, 7) is 6.13. The molecule has 1 aromatic rings. The Balaban J connectivity index is 1.77. The third kappa shape index (κ3) is 2.44. The van der Waals surface area contributed by atoms with Crippen LogP contribution in [-0.4, -0.2) is 33.4 Å². The van der Waals surface area contributed by atoms with Gasteiger partial charge in [0.1, 0.15) is 6.04 Å². The van der Waals surface area contributed by atoms with Crippen molar-refractivity contribution in [3.05, 3.63) is 29.3 Å². The van der Waals surface area contributed by atoms with Gasteiger partial charge in [-0.2, -0.15) is 0 Å². The molecule has 0 radical (unpaired) electrons. The Morgan fingerprint density at radius 2 is 2.14 bits per heavy atom. The highest BCUT2D eigenvalue weighted by Crippen LogP contribution is 2.47. The van der Waals surface area contributed by atoms with Crippen LogP contribution in [0.1, 0.15) is 30.9 Å². The van der Waals surface area contributed by atoms with Crippen LogP contribution in [0.5, 0.6) is 0 Å². The Kier molecular flexibility index (Phi) is 3.48. The van der Waals surface area contributed by atoms with Gasteiger partial charge in [0.15, 0.2) is 0 Å². The molecule has 0 saturated carbocycles. The molecular formula is C16H20N2O2S. The fraction of sp³-hybridized carbons (Fsp3) is 0.500. The normalized spacial score (nSPS) is 27.9. The van der Waals surface area contributed by atoms with E-state index in [1.54, 1.807) is 16.7 Å². The summed E-state index contributed by atoms with van der Waals surface area (Å²) in [7, 11) is 0. The number of carbonyl (C=O) groups excluding carboxylic acids is 2. The van der Waals surface area contributed by atoms with Crippen LogP contribution in [-0.2, 0) is 9.59 Å². The van der Waals surface area contributed by atoms with Crippen LogP contribution in [0.4, 0.5) is 5.69 Å². The number of fused-ring (bicyclic) bond motifs is 1. The highest BCUT2D eigenvalue weighted by molar-refractivity contribution is 8.01. The molecule has 0 aliphatic carbocycles. The van der Waals surface area contributed by atoms with E-state index in [9.17, 15) is 9.59 Å². The van der Waals surface area contributed by atoms with Gasteiger partial charge < -0.3 is 10.2 Å². The summed E-state index contributed by atoms with van der Waals surface area (Å²) in [5.41, 5.74) is 3.15. The summed E-state index contributed by atoms with van der Waals surface area (Å²) in [6, 6.07) is 5.53. The number of aryl methyl sites for hydroxylation is 2. The second kappa shape index (κ2) is 5.05. The lowest BCUT2D eigenvalue weighted by molar-refractivity contribution is -0.135. The SMILES string of the molecule is Cc1ccc(NC(=O)C2CSC3(C)CCC(=O)N23)cc1C. The predicted molar refractivity (Wildman–Crippen MR) is 85.3 cm³/mol. The highest BCUT2D eigenvalue weighted by atomic mass is 32.2. The lowest BCUT2D eigenvalue weighted by Crippen LogP contribution is -2.48. The standard InChI is InChI=1S/C16H20N2O2S/c1-10-4-5-12(8-11(10)2)17-15(20)13-9-21-16(3)7-6-14(19)18(13)16/h4-5,8,13H,6-7,9H2,1-3H3,(H,17,20). The van der Waals surface area contributed by atoms with Gasteiger partial charge in [0.2, 0.25) is 11.8 Å². The topological polar surface area (TPSA) is 49.4 Å². The van der Waals surface area contributed by atoms with Crippen LogP contribution in [0.2, 0.25) is 0 Å². The van der Waals surface area contributed by atoms with Crippen molar-refractivity contribution in [3.8, 4) is 0 Å². The summed E-state index contributed by atoms with van der Waals surface area (Å²) in [6.07, 6.45) is 1.39. The molecule has 2 saturated heterocycles. The maximum atomic E-state index is 12.5. The minimum absolute atomic E-state index is 0.0790. The zero-order valence-corrected chi connectivity index (χ0v) is 13.4. The van der Waals surface area contributed by atoms with E-state index >= 15 is 0 Å². The van der Waals surface area contributed by atoms with Crippen LogP contribution in [0, 0.1) is 13.8 Å². The molecule has 112 valence electrons. The van der Waals surface area contributed by atoms with Gasteiger partial charge in [-0.1, -0.05) is 6.07 Å². The summed E-state index contributed by atoms with van der Waals surface area (Å²) >= 11 is 1.72. The molecule has 2 fully saturated rings.